The minimum absolute atomic E-state index is 0.593. The molecule has 0 saturated carbocycles. The van der Waals surface area contributed by atoms with Crippen LogP contribution in [0.2, 0.25) is 0 Å². The number of hydrogen-bond donors (Lipinski definition) is 1. The van der Waals surface area contributed by atoms with Crippen LogP contribution in [0.3, 0.4) is 0 Å². The van der Waals surface area contributed by atoms with Gasteiger partial charge in [0.05, 0.1) is 0 Å². The van der Waals surface area contributed by atoms with Gasteiger partial charge in [-0.2, -0.15) is 0 Å². The molecule has 0 fully saturated rings. The molecule has 0 atom stereocenters. The predicted molar refractivity (Wildman–Crippen MR) is 60.0 cm³/mol. The number of aryl methyl sites for hydroxylation is 1. The SMILES string of the molecule is CCCCc1c(C)cccc1OC(N)=O. The molecule has 15 heavy (non-hydrogen) atoms. The summed E-state index contributed by atoms with van der Waals surface area (Å²) in [6.45, 7) is 4.14. The molecule has 1 amide bonds. The minimum atomic E-state index is -0.752. The van der Waals surface area contributed by atoms with Gasteiger partial charge in [0.15, 0.2) is 0 Å². The second-order valence-electron chi connectivity index (χ2n) is 3.58. The highest BCUT2D eigenvalue weighted by atomic mass is 16.5. The van der Waals surface area contributed by atoms with Crippen LogP contribution in [0, 0.1) is 6.92 Å². The Kier molecular flexibility index (Phi) is 4.16. The Morgan fingerprint density at radius 3 is 2.80 bits per heavy atom. The van der Waals surface area contributed by atoms with E-state index in [0.29, 0.717) is 5.75 Å². The molecule has 0 radical (unpaired) electrons. The van der Waals surface area contributed by atoms with Crippen LogP contribution in [0.25, 0.3) is 0 Å². The van der Waals surface area contributed by atoms with Crippen molar-refractivity contribution in [1.29, 1.82) is 0 Å². The van der Waals surface area contributed by atoms with E-state index in [9.17, 15) is 4.79 Å². The zero-order valence-corrected chi connectivity index (χ0v) is 9.25. The van der Waals surface area contributed by atoms with Gasteiger partial charge in [-0.25, -0.2) is 4.79 Å². The van der Waals surface area contributed by atoms with Crippen molar-refractivity contribution in [2.75, 3.05) is 0 Å². The molecule has 0 aliphatic rings. The number of ether oxygens (including phenoxy) is 1. The van der Waals surface area contributed by atoms with Crippen LogP contribution >= 0.6 is 0 Å². The number of nitrogens with two attached hydrogens (primary N) is 1. The fraction of sp³-hybridized carbons (Fsp3) is 0.417. The van der Waals surface area contributed by atoms with Gasteiger partial charge in [0.1, 0.15) is 5.75 Å². The highest BCUT2D eigenvalue weighted by Crippen LogP contribution is 2.23. The normalized spacial score (nSPS) is 10.0. The van der Waals surface area contributed by atoms with Crippen LogP contribution < -0.4 is 10.5 Å². The van der Waals surface area contributed by atoms with Crippen molar-refractivity contribution in [2.24, 2.45) is 5.73 Å². The molecule has 0 saturated heterocycles. The second kappa shape index (κ2) is 5.39. The summed E-state index contributed by atoms with van der Waals surface area (Å²) in [5, 5.41) is 0. The first kappa shape index (κ1) is 11.6. The number of primary amides is 1. The highest BCUT2D eigenvalue weighted by molar-refractivity contribution is 5.68. The monoisotopic (exact) mass is 207 g/mol. The van der Waals surface area contributed by atoms with E-state index in [1.54, 1.807) is 6.07 Å². The summed E-state index contributed by atoms with van der Waals surface area (Å²) >= 11 is 0. The topological polar surface area (TPSA) is 52.3 Å². The van der Waals surface area contributed by atoms with Gasteiger partial charge < -0.3 is 10.5 Å². The van der Waals surface area contributed by atoms with E-state index in [1.165, 1.54) is 0 Å². The van der Waals surface area contributed by atoms with Gasteiger partial charge in [0, 0.05) is 0 Å². The van der Waals surface area contributed by atoms with Crippen molar-refractivity contribution in [3.05, 3.63) is 29.3 Å². The van der Waals surface area contributed by atoms with Crippen molar-refractivity contribution in [1.82, 2.24) is 0 Å². The van der Waals surface area contributed by atoms with E-state index in [1.807, 2.05) is 19.1 Å². The molecule has 0 aliphatic heterocycles. The number of carbonyl (C=O) groups excluding carboxylic acids is 1. The van der Waals surface area contributed by atoms with Gasteiger partial charge in [-0.15, -0.1) is 0 Å². The quantitative estimate of drug-likeness (QED) is 0.825. The predicted octanol–water partition coefficient (Wildman–Crippen LogP) is 2.80. The maximum absolute atomic E-state index is 10.7. The van der Waals surface area contributed by atoms with Crippen molar-refractivity contribution < 1.29 is 9.53 Å². The maximum Gasteiger partial charge on any atom is 0.409 e. The standard InChI is InChI=1S/C12H17NO2/c1-3-4-7-10-9(2)6-5-8-11(10)15-12(13)14/h5-6,8H,3-4,7H2,1-2H3,(H2,13,14). The average Bonchev–Trinajstić information content (AvgIpc) is 2.16. The Labute approximate surface area is 90.2 Å². The molecule has 1 aromatic carbocycles. The molecule has 3 heteroatoms. The molecule has 82 valence electrons. The van der Waals surface area contributed by atoms with Crippen LogP contribution in [-0.2, 0) is 6.42 Å². The van der Waals surface area contributed by atoms with Crippen molar-refractivity contribution in [3.63, 3.8) is 0 Å². The third kappa shape index (κ3) is 3.27. The molecule has 3 nitrogen and oxygen atoms in total. The fourth-order valence-electron chi connectivity index (χ4n) is 1.55. The number of unbranched alkanes of at least 4 members (excludes halogenated alkanes) is 1. The molecule has 0 heterocycles. The van der Waals surface area contributed by atoms with E-state index < -0.39 is 6.09 Å². The molecule has 0 aromatic heterocycles. The number of carbonyl (C=O) groups is 1. The smallest absolute Gasteiger partial charge is 0.409 e. The largest absolute Gasteiger partial charge is 0.410 e. The molecule has 1 aromatic rings. The zero-order valence-electron chi connectivity index (χ0n) is 9.25. The van der Waals surface area contributed by atoms with E-state index in [0.717, 1.165) is 30.4 Å². The van der Waals surface area contributed by atoms with Crippen LogP contribution in [0.5, 0.6) is 5.75 Å². The van der Waals surface area contributed by atoms with Crippen molar-refractivity contribution in [2.45, 2.75) is 33.1 Å². The third-order valence-corrected chi connectivity index (χ3v) is 2.36. The van der Waals surface area contributed by atoms with Crippen LogP contribution in [0.15, 0.2) is 18.2 Å². The van der Waals surface area contributed by atoms with Crippen LogP contribution in [-0.4, -0.2) is 6.09 Å². The van der Waals surface area contributed by atoms with Gasteiger partial charge in [0.25, 0.3) is 0 Å². The lowest BCUT2D eigenvalue weighted by molar-refractivity contribution is 0.210. The molecule has 0 aliphatic carbocycles. The zero-order chi connectivity index (χ0) is 11.3. The van der Waals surface area contributed by atoms with Gasteiger partial charge in [-0.1, -0.05) is 25.5 Å². The summed E-state index contributed by atoms with van der Waals surface area (Å²) in [6, 6.07) is 5.66. The molecule has 0 spiro atoms. The minimum Gasteiger partial charge on any atom is -0.410 e. The van der Waals surface area contributed by atoms with Crippen molar-refractivity contribution in [3.8, 4) is 5.75 Å². The van der Waals surface area contributed by atoms with E-state index in [2.05, 4.69) is 6.92 Å². The first-order chi connectivity index (χ1) is 7.15. The molecule has 1 rings (SSSR count). The van der Waals surface area contributed by atoms with Gasteiger partial charge in [-0.3, -0.25) is 0 Å². The summed E-state index contributed by atoms with van der Waals surface area (Å²) in [5.74, 6) is 0.593. The Bertz CT molecular complexity index is 347. The first-order valence-corrected chi connectivity index (χ1v) is 5.21. The molecule has 0 bridgehead atoms. The third-order valence-electron chi connectivity index (χ3n) is 2.36. The molecular weight excluding hydrogens is 190 g/mol. The lowest BCUT2D eigenvalue weighted by Gasteiger charge is -2.10. The average molecular weight is 207 g/mol. The van der Waals surface area contributed by atoms with E-state index >= 15 is 0 Å². The number of amides is 1. The fourth-order valence-corrected chi connectivity index (χ4v) is 1.55. The summed E-state index contributed by atoms with van der Waals surface area (Å²) in [6.07, 6.45) is 2.37. The summed E-state index contributed by atoms with van der Waals surface area (Å²) in [4.78, 5) is 10.7. The molecule has 2 N–H and O–H groups in total. The summed E-state index contributed by atoms with van der Waals surface area (Å²) in [5.41, 5.74) is 7.23. The van der Waals surface area contributed by atoms with Crippen molar-refractivity contribution >= 4 is 6.09 Å². The van der Waals surface area contributed by atoms with Gasteiger partial charge in [0.2, 0.25) is 0 Å². The Balaban J connectivity index is 2.92. The van der Waals surface area contributed by atoms with E-state index in [-0.39, 0.29) is 0 Å². The molecule has 0 unspecified atom stereocenters. The Morgan fingerprint density at radius 2 is 2.20 bits per heavy atom. The Hall–Kier alpha value is -1.51. The summed E-state index contributed by atoms with van der Waals surface area (Å²) in [7, 11) is 0. The highest BCUT2D eigenvalue weighted by Gasteiger charge is 2.08. The van der Waals surface area contributed by atoms with Crippen LogP contribution in [0.4, 0.5) is 4.79 Å². The van der Waals surface area contributed by atoms with Gasteiger partial charge in [-0.05, 0) is 37.0 Å². The van der Waals surface area contributed by atoms with Gasteiger partial charge >= 0.3 is 6.09 Å². The van der Waals surface area contributed by atoms with E-state index in [4.69, 9.17) is 10.5 Å². The number of benzene rings is 1. The lowest BCUT2D eigenvalue weighted by Crippen LogP contribution is -2.17. The lowest BCUT2D eigenvalue weighted by atomic mass is 10.0. The summed E-state index contributed by atoms with van der Waals surface area (Å²) < 4.78 is 4.96. The number of rotatable bonds is 4. The Morgan fingerprint density at radius 1 is 1.47 bits per heavy atom. The number of hydrogen-bond acceptors (Lipinski definition) is 2. The first-order valence-electron chi connectivity index (χ1n) is 5.21. The van der Waals surface area contributed by atoms with Crippen LogP contribution in [0.1, 0.15) is 30.9 Å². The second-order valence-corrected chi connectivity index (χ2v) is 3.58. The molecular formula is C12H17NO2. The maximum atomic E-state index is 10.7.